The number of nitrogens with one attached hydrogen (secondary N) is 1. The quantitative estimate of drug-likeness (QED) is 0.799. The molecule has 4 nitrogen and oxygen atoms in total. The fourth-order valence-corrected chi connectivity index (χ4v) is 2.81. The topological polar surface area (TPSA) is 50.7 Å². The van der Waals surface area contributed by atoms with Crippen LogP contribution in [0.25, 0.3) is 11.0 Å². The first-order valence-corrected chi connectivity index (χ1v) is 7.32. The predicted molar refractivity (Wildman–Crippen MR) is 84.6 cm³/mol. The highest BCUT2D eigenvalue weighted by Gasteiger charge is 2.13. The van der Waals surface area contributed by atoms with Crippen molar-refractivity contribution in [1.82, 2.24) is 14.8 Å². The molecule has 1 N–H and O–H groups in total. The molecule has 0 saturated heterocycles. The van der Waals surface area contributed by atoms with Gasteiger partial charge in [0.2, 0.25) is 5.56 Å². The number of hydrogen-bond donors (Lipinski definition) is 1. The van der Waals surface area contributed by atoms with Crippen molar-refractivity contribution in [3.63, 3.8) is 0 Å². The van der Waals surface area contributed by atoms with E-state index in [-0.39, 0.29) is 5.56 Å². The van der Waals surface area contributed by atoms with Gasteiger partial charge in [0.1, 0.15) is 5.65 Å². The maximum atomic E-state index is 11.9. The minimum atomic E-state index is -0.0554. The molecule has 0 aliphatic heterocycles. The Balaban J connectivity index is 2.14. The monoisotopic (exact) mass is 281 g/mol. The van der Waals surface area contributed by atoms with Crippen molar-refractivity contribution in [1.29, 1.82) is 0 Å². The lowest BCUT2D eigenvalue weighted by Gasteiger charge is -2.05. The lowest BCUT2D eigenvalue weighted by molar-refractivity contribution is 0.695. The molecule has 0 unspecified atom stereocenters. The number of H-pyrrole nitrogens is 1. The minimum absolute atomic E-state index is 0.0554. The molecule has 3 aromatic rings. The molecule has 0 atom stereocenters. The van der Waals surface area contributed by atoms with Gasteiger partial charge in [0.15, 0.2) is 0 Å². The second-order valence-corrected chi connectivity index (χ2v) is 5.36. The molecule has 4 heteroatoms. The van der Waals surface area contributed by atoms with E-state index < -0.39 is 0 Å². The Morgan fingerprint density at radius 1 is 1.24 bits per heavy atom. The summed E-state index contributed by atoms with van der Waals surface area (Å²) in [5, 5.41) is 5.71. The fourth-order valence-electron chi connectivity index (χ4n) is 2.81. The Hall–Kier alpha value is -2.36. The Labute approximate surface area is 123 Å². The van der Waals surface area contributed by atoms with E-state index in [2.05, 4.69) is 29.1 Å². The number of aryl methyl sites for hydroxylation is 2. The molecule has 0 fully saturated rings. The fraction of sp³-hybridized carbons (Fsp3) is 0.294. The van der Waals surface area contributed by atoms with Gasteiger partial charge >= 0.3 is 0 Å². The van der Waals surface area contributed by atoms with Crippen molar-refractivity contribution in [2.75, 3.05) is 0 Å². The van der Waals surface area contributed by atoms with Crippen molar-refractivity contribution in [3.05, 3.63) is 63.6 Å². The summed E-state index contributed by atoms with van der Waals surface area (Å²) >= 11 is 0. The number of aromatic nitrogens is 3. The van der Waals surface area contributed by atoms with Crippen molar-refractivity contribution in [2.24, 2.45) is 0 Å². The second-order valence-electron chi connectivity index (χ2n) is 5.36. The first-order valence-electron chi connectivity index (χ1n) is 7.32. The first kappa shape index (κ1) is 13.6. The van der Waals surface area contributed by atoms with Crippen LogP contribution in [0.15, 0.2) is 41.2 Å². The summed E-state index contributed by atoms with van der Waals surface area (Å²) in [7, 11) is 0. The lowest BCUT2D eigenvalue weighted by atomic mass is 10.1. The van der Waals surface area contributed by atoms with Crippen LogP contribution in [0.5, 0.6) is 0 Å². The van der Waals surface area contributed by atoms with Gasteiger partial charge in [0.05, 0.1) is 12.2 Å². The van der Waals surface area contributed by atoms with Gasteiger partial charge < -0.3 is 4.98 Å². The minimum Gasteiger partial charge on any atom is -0.307 e. The average molecular weight is 281 g/mol. The molecule has 0 aliphatic carbocycles. The Bertz CT molecular complexity index is 815. The van der Waals surface area contributed by atoms with Gasteiger partial charge in [0.25, 0.3) is 0 Å². The highest BCUT2D eigenvalue weighted by molar-refractivity contribution is 5.82. The molecule has 2 aromatic heterocycles. The Kier molecular flexibility index (Phi) is 3.60. The number of rotatable bonds is 4. The first-order chi connectivity index (χ1) is 10.2. The third-order valence-electron chi connectivity index (χ3n) is 3.69. The number of fused-ring (bicyclic) bond motifs is 1. The Morgan fingerprint density at radius 3 is 2.71 bits per heavy atom. The summed E-state index contributed by atoms with van der Waals surface area (Å²) in [6.07, 6.45) is 1.92. The van der Waals surface area contributed by atoms with Crippen molar-refractivity contribution < 1.29 is 0 Å². The predicted octanol–water partition coefficient (Wildman–Crippen LogP) is 3.03. The summed E-state index contributed by atoms with van der Waals surface area (Å²) in [4.78, 5) is 14.8. The smallest absolute Gasteiger partial charge is 0.249 e. The van der Waals surface area contributed by atoms with Crippen LogP contribution >= 0.6 is 0 Å². The SMILES string of the molecule is CCCc1cc(=O)[nH]c2c1c(C)nn2Cc1ccccc1. The van der Waals surface area contributed by atoms with Gasteiger partial charge in [-0.2, -0.15) is 5.10 Å². The van der Waals surface area contributed by atoms with Gasteiger partial charge in [0, 0.05) is 11.5 Å². The van der Waals surface area contributed by atoms with Crippen LogP contribution in [-0.4, -0.2) is 14.8 Å². The van der Waals surface area contributed by atoms with E-state index in [1.807, 2.05) is 29.8 Å². The summed E-state index contributed by atoms with van der Waals surface area (Å²) in [6.45, 7) is 4.79. The van der Waals surface area contributed by atoms with E-state index in [1.54, 1.807) is 6.07 Å². The maximum absolute atomic E-state index is 11.9. The molecule has 0 bridgehead atoms. The largest absolute Gasteiger partial charge is 0.307 e. The molecule has 0 aliphatic rings. The molecular formula is C17H19N3O. The van der Waals surface area contributed by atoms with E-state index >= 15 is 0 Å². The summed E-state index contributed by atoms with van der Waals surface area (Å²) in [5.74, 6) is 0. The highest BCUT2D eigenvalue weighted by Crippen LogP contribution is 2.21. The molecule has 0 amide bonds. The van der Waals surface area contributed by atoms with Crippen molar-refractivity contribution in [2.45, 2.75) is 33.2 Å². The number of pyridine rings is 1. The van der Waals surface area contributed by atoms with Crippen LogP contribution in [0.4, 0.5) is 0 Å². The standard InChI is InChI=1S/C17H19N3O/c1-3-7-14-10-15(21)18-17-16(14)12(2)19-20(17)11-13-8-5-4-6-9-13/h4-6,8-10H,3,7,11H2,1-2H3,(H,18,21). The maximum Gasteiger partial charge on any atom is 0.249 e. The van der Waals surface area contributed by atoms with E-state index in [1.165, 1.54) is 5.56 Å². The van der Waals surface area contributed by atoms with Gasteiger partial charge in [-0.15, -0.1) is 0 Å². The van der Waals surface area contributed by atoms with E-state index in [9.17, 15) is 4.79 Å². The van der Waals surface area contributed by atoms with Crippen LogP contribution in [-0.2, 0) is 13.0 Å². The van der Waals surface area contributed by atoms with Gasteiger partial charge in [-0.3, -0.25) is 4.79 Å². The lowest BCUT2D eigenvalue weighted by Crippen LogP contribution is -2.10. The van der Waals surface area contributed by atoms with E-state index in [4.69, 9.17) is 0 Å². The van der Waals surface area contributed by atoms with Crippen molar-refractivity contribution in [3.8, 4) is 0 Å². The number of hydrogen-bond acceptors (Lipinski definition) is 2. The van der Waals surface area contributed by atoms with Gasteiger partial charge in [-0.05, 0) is 24.5 Å². The summed E-state index contributed by atoms with van der Waals surface area (Å²) < 4.78 is 1.89. The normalized spacial score (nSPS) is 11.1. The van der Waals surface area contributed by atoms with Crippen molar-refractivity contribution >= 4 is 11.0 Å². The van der Waals surface area contributed by atoms with Crippen LogP contribution < -0.4 is 5.56 Å². The molecule has 1 aromatic carbocycles. The average Bonchev–Trinajstić information content (AvgIpc) is 2.76. The zero-order valence-electron chi connectivity index (χ0n) is 12.4. The van der Waals surface area contributed by atoms with Gasteiger partial charge in [-0.25, -0.2) is 4.68 Å². The molecule has 0 spiro atoms. The molecule has 0 saturated carbocycles. The number of nitrogens with zero attached hydrogens (tertiary/aromatic N) is 2. The second kappa shape index (κ2) is 5.56. The molecule has 2 heterocycles. The molecule has 108 valence electrons. The third-order valence-corrected chi connectivity index (χ3v) is 3.69. The number of aromatic amines is 1. The Morgan fingerprint density at radius 2 is 2.00 bits per heavy atom. The zero-order valence-corrected chi connectivity index (χ0v) is 12.4. The summed E-state index contributed by atoms with van der Waals surface area (Å²) in [5.41, 5.74) is 4.00. The van der Waals surface area contributed by atoms with Gasteiger partial charge in [-0.1, -0.05) is 43.7 Å². The molecule has 21 heavy (non-hydrogen) atoms. The van der Waals surface area contributed by atoms with Crippen LogP contribution in [0.2, 0.25) is 0 Å². The van der Waals surface area contributed by atoms with Crippen LogP contribution in [0.3, 0.4) is 0 Å². The third kappa shape index (κ3) is 2.61. The molecule has 0 radical (unpaired) electrons. The van der Waals surface area contributed by atoms with E-state index in [0.717, 1.165) is 35.1 Å². The van der Waals surface area contributed by atoms with Crippen LogP contribution in [0, 0.1) is 6.92 Å². The van der Waals surface area contributed by atoms with Crippen LogP contribution in [0.1, 0.15) is 30.2 Å². The number of benzene rings is 1. The molecular weight excluding hydrogens is 262 g/mol. The zero-order chi connectivity index (χ0) is 14.8. The molecule has 3 rings (SSSR count). The highest BCUT2D eigenvalue weighted by atomic mass is 16.1. The summed E-state index contributed by atoms with van der Waals surface area (Å²) in [6, 6.07) is 11.9. The van der Waals surface area contributed by atoms with E-state index in [0.29, 0.717) is 6.54 Å².